The third kappa shape index (κ3) is 4.35. The van der Waals surface area contributed by atoms with Crippen molar-refractivity contribution in [2.75, 3.05) is 6.61 Å². The lowest BCUT2D eigenvalue weighted by atomic mass is 9.87. The maximum atomic E-state index is 12.5. The summed E-state index contributed by atoms with van der Waals surface area (Å²) in [6.07, 6.45) is 0. The van der Waals surface area contributed by atoms with E-state index in [-0.39, 0.29) is 53.2 Å². The van der Waals surface area contributed by atoms with E-state index in [0.29, 0.717) is 5.76 Å². The van der Waals surface area contributed by atoms with Gasteiger partial charge >= 0.3 is 11.7 Å². The summed E-state index contributed by atoms with van der Waals surface area (Å²) < 4.78 is 21.8. The molecule has 0 bridgehead atoms. The average Bonchev–Trinajstić information content (AvgIpc) is 3.20. The molecular weight excluding hydrogens is 406 g/mol. The highest BCUT2D eigenvalue weighted by Gasteiger charge is 2.38. The van der Waals surface area contributed by atoms with Gasteiger partial charge in [0.1, 0.15) is 35.5 Å². The van der Waals surface area contributed by atoms with Crippen LogP contribution in [0.3, 0.4) is 0 Å². The van der Waals surface area contributed by atoms with E-state index in [9.17, 15) is 20.2 Å². The first-order valence-electron chi connectivity index (χ1n) is 9.27. The summed E-state index contributed by atoms with van der Waals surface area (Å²) in [7, 11) is 0. The number of hydrogen-bond donors (Lipinski definition) is 1. The van der Waals surface area contributed by atoms with Crippen molar-refractivity contribution in [3.8, 4) is 11.8 Å². The third-order valence-electron chi connectivity index (χ3n) is 4.50. The van der Waals surface area contributed by atoms with Crippen LogP contribution in [0.1, 0.15) is 31.3 Å². The van der Waals surface area contributed by atoms with Gasteiger partial charge in [0.05, 0.1) is 23.0 Å². The fourth-order valence-electron chi connectivity index (χ4n) is 3.15. The molecule has 0 saturated carbocycles. The predicted molar refractivity (Wildman–Crippen MR) is 106 cm³/mol. The molecule has 0 radical (unpaired) electrons. The second-order valence-corrected chi connectivity index (χ2v) is 6.43. The molecule has 1 aliphatic rings. The van der Waals surface area contributed by atoms with E-state index in [2.05, 4.69) is 0 Å². The smallest absolute Gasteiger partial charge is 0.338 e. The Hall–Kier alpha value is -4.26. The molecule has 3 rings (SSSR count). The van der Waals surface area contributed by atoms with E-state index in [1.165, 1.54) is 18.2 Å². The van der Waals surface area contributed by atoms with Crippen molar-refractivity contribution >= 4 is 11.7 Å². The predicted octanol–water partition coefficient (Wildman–Crippen LogP) is 3.41. The second-order valence-electron chi connectivity index (χ2n) is 6.43. The molecule has 31 heavy (non-hydrogen) atoms. The van der Waals surface area contributed by atoms with Crippen LogP contribution >= 0.6 is 0 Å². The lowest BCUT2D eigenvalue weighted by Gasteiger charge is -2.25. The number of rotatable bonds is 7. The first-order valence-corrected chi connectivity index (χ1v) is 9.27. The number of furan rings is 1. The molecule has 0 fully saturated rings. The van der Waals surface area contributed by atoms with E-state index in [1.807, 2.05) is 6.07 Å². The summed E-state index contributed by atoms with van der Waals surface area (Å²) in [5.74, 6) is -0.831. The van der Waals surface area contributed by atoms with E-state index in [1.54, 1.807) is 32.0 Å². The maximum absolute atomic E-state index is 12.5. The highest BCUT2D eigenvalue weighted by Crippen LogP contribution is 2.40. The van der Waals surface area contributed by atoms with Crippen molar-refractivity contribution in [2.45, 2.75) is 26.4 Å². The molecule has 0 saturated heterocycles. The quantitative estimate of drug-likeness (QED) is 0.399. The zero-order chi connectivity index (χ0) is 22.5. The number of para-hydroxylation sites is 2. The number of nitrogens with two attached hydrogens (primary N) is 1. The third-order valence-corrected chi connectivity index (χ3v) is 4.50. The normalized spacial score (nSPS) is 15.8. The van der Waals surface area contributed by atoms with Crippen molar-refractivity contribution in [3.63, 3.8) is 0 Å². The number of nitro benzene ring substituents is 1. The monoisotopic (exact) mass is 425 g/mol. The van der Waals surface area contributed by atoms with E-state index < -0.39 is 16.8 Å². The van der Waals surface area contributed by atoms with Gasteiger partial charge in [0, 0.05) is 6.07 Å². The molecule has 0 spiro atoms. The van der Waals surface area contributed by atoms with E-state index in [0.717, 1.165) is 0 Å². The topological polar surface area (TPSA) is 151 Å². The number of ether oxygens (including phenoxy) is 3. The van der Waals surface area contributed by atoms with Gasteiger partial charge in [-0.2, -0.15) is 5.26 Å². The molecule has 1 aromatic carbocycles. The van der Waals surface area contributed by atoms with Gasteiger partial charge in [-0.15, -0.1) is 0 Å². The Labute approximate surface area is 177 Å². The molecule has 1 aliphatic heterocycles. The zero-order valence-electron chi connectivity index (χ0n) is 16.8. The van der Waals surface area contributed by atoms with Crippen LogP contribution in [0.2, 0.25) is 0 Å². The Morgan fingerprint density at radius 1 is 1.32 bits per heavy atom. The average molecular weight is 425 g/mol. The number of carbonyl (C=O) groups is 1. The fraction of sp³-hybridized carbons (Fsp3) is 0.238. The number of nitro groups is 1. The van der Waals surface area contributed by atoms with Crippen LogP contribution in [-0.4, -0.2) is 17.5 Å². The van der Waals surface area contributed by atoms with Crippen LogP contribution in [-0.2, 0) is 20.9 Å². The van der Waals surface area contributed by atoms with Crippen molar-refractivity contribution in [1.29, 1.82) is 5.26 Å². The Morgan fingerprint density at radius 2 is 2.06 bits per heavy atom. The van der Waals surface area contributed by atoms with Gasteiger partial charge in [-0.1, -0.05) is 12.1 Å². The summed E-state index contributed by atoms with van der Waals surface area (Å²) in [6, 6.07) is 11.1. The van der Waals surface area contributed by atoms with Crippen LogP contribution in [0.25, 0.3) is 0 Å². The standard InChI is InChI=1S/C21H19N3O7/c1-3-28-21(25)18-12(2)30-20(23)14(10-22)19(18)17-9-8-13(31-17)11-29-16-7-5-4-6-15(16)24(26)27/h4-9,19H,3,11,23H2,1-2H3/t19-/m1/s1. The lowest BCUT2D eigenvalue weighted by Crippen LogP contribution is -2.25. The van der Waals surface area contributed by atoms with Crippen molar-refractivity contribution in [1.82, 2.24) is 0 Å². The number of carbonyl (C=O) groups excluding carboxylic acids is 1. The highest BCUT2D eigenvalue weighted by atomic mass is 16.6. The van der Waals surface area contributed by atoms with Gasteiger partial charge in [0.2, 0.25) is 5.88 Å². The summed E-state index contributed by atoms with van der Waals surface area (Å²) in [4.78, 5) is 23.1. The molecule has 2 N–H and O–H groups in total. The van der Waals surface area contributed by atoms with Gasteiger partial charge in [0.25, 0.3) is 0 Å². The van der Waals surface area contributed by atoms with Crippen LogP contribution in [0, 0.1) is 21.4 Å². The summed E-state index contributed by atoms with van der Waals surface area (Å²) in [6.45, 7) is 3.23. The molecule has 160 valence electrons. The van der Waals surface area contributed by atoms with Crippen LogP contribution < -0.4 is 10.5 Å². The van der Waals surface area contributed by atoms with Gasteiger partial charge < -0.3 is 24.4 Å². The summed E-state index contributed by atoms with van der Waals surface area (Å²) in [5, 5.41) is 20.7. The zero-order valence-corrected chi connectivity index (χ0v) is 16.8. The molecule has 2 heterocycles. The number of allylic oxidation sites excluding steroid dienone is 2. The van der Waals surface area contributed by atoms with Gasteiger partial charge in [-0.3, -0.25) is 10.1 Å². The number of benzene rings is 1. The minimum Gasteiger partial charge on any atom is -0.479 e. The molecule has 10 nitrogen and oxygen atoms in total. The lowest BCUT2D eigenvalue weighted by molar-refractivity contribution is -0.386. The first kappa shape index (κ1) is 21.4. The molecule has 2 aromatic rings. The molecular formula is C21H19N3O7. The van der Waals surface area contributed by atoms with Crippen molar-refractivity contribution < 1.29 is 28.3 Å². The van der Waals surface area contributed by atoms with Gasteiger partial charge in [-0.25, -0.2) is 4.79 Å². The number of hydrogen-bond acceptors (Lipinski definition) is 9. The molecule has 10 heteroatoms. The van der Waals surface area contributed by atoms with Gasteiger partial charge in [-0.05, 0) is 32.0 Å². The maximum Gasteiger partial charge on any atom is 0.338 e. The van der Waals surface area contributed by atoms with Crippen molar-refractivity contribution in [2.24, 2.45) is 5.73 Å². The van der Waals surface area contributed by atoms with Gasteiger partial charge in [0.15, 0.2) is 5.75 Å². The molecule has 0 unspecified atom stereocenters. The molecule has 0 aliphatic carbocycles. The van der Waals surface area contributed by atoms with Crippen LogP contribution in [0.4, 0.5) is 5.69 Å². The SMILES string of the molecule is CCOC(=O)C1=C(C)OC(N)=C(C#N)[C@@H]1c1ccc(COc2ccccc2[N+](=O)[O-])o1. The number of nitriles is 1. The largest absolute Gasteiger partial charge is 0.479 e. The fourth-order valence-corrected chi connectivity index (χ4v) is 3.15. The number of esters is 1. The molecule has 0 amide bonds. The van der Waals surface area contributed by atoms with Crippen molar-refractivity contribution in [3.05, 3.63) is 80.8 Å². The Bertz CT molecular complexity index is 1120. The molecule has 1 aromatic heterocycles. The second kappa shape index (κ2) is 9.04. The van der Waals surface area contributed by atoms with E-state index in [4.69, 9.17) is 24.4 Å². The summed E-state index contributed by atoms with van der Waals surface area (Å²) in [5.41, 5.74) is 5.79. The highest BCUT2D eigenvalue weighted by molar-refractivity contribution is 5.92. The van der Waals surface area contributed by atoms with E-state index >= 15 is 0 Å². The Morgan fingerprint density at radius 3 is 2.74 bits per heavy atom. The first-order chi connectivity index (χ1) is 14.9. The summed E-state index contributed by atoms with van der Waals surface area (Å²) >= 11 is 0. The molecule has 1 atom stereocenters. The Kier molecular flexibility index (Phi) is 6.26. The Balaban J connectivity index is 1.90. The minimum absolute atomic E-state index is 0.00849. The number of nitrogens with zero attached hydrogens (tertiary/aromatic N) is 2. The van der Waals surface area contributed by atoms with Crippen LogP contribution in [0.15, 0.2) is 63.6 Å². The van der Waals surface area contributed by atoms with Crippen LogP contribution in [0.5, 0.6) is 5.75 Å². The minimum atomic E-state index is -0.919.